The summed E-state index contributed by atoms with van der Waals surface area (Å²) in [4.78, 5) is 32.0. The van der Waals surface area contributed by atoms with Crippen LogP contribution in [-0.2, 0) is 6.54 Å². The number of amides is 2. The highest BCUT2D eigenvalue weighted by atomic mass is 19.4. The molecule has 1 atom stereocenters. The Labute approximate surface area is 206 Å². The van der Waals surface area contributed by atoms with E-state index in [0.717, 1.165) is 19.1 Å². The Morgan fingerprint density at radius 1 is 1.24 bits per heavy atom. The third-order valence-corrected chi connectivity index (χ3v) is 5.78. The number of nitrogens with one attached hydrogen (secondary N) is 2. The molecule has 0 fully saturated rings. The lowest BCUT2D eigenvalue weighted by molar-refractivity contribution is -0.164. The van der Waals surface area contributed by atoms with Crippen LogP contribution in [0.3, 0.4) is 0 Å². The fourth-order valence-electron chi connectivity index (χ4n) is 3.85. The summed E-state index contributed by atoms with van der Waals surface area (Å²) in [7, 11) is 1.35. The molecule has 3 aromatic heterocycles. The minimum Gasteiger partial charge on any atom is -0.496 e. The average molecular weight is 519 g/mol. The Morgan fingerprint density at radius 2 is 1.97 bits per heavy atom. The predicted molar refractivity (Wildman–Crippen MR) is 125 cm³/mol. The van der Waals surface area contributed by atoms with Crippen molar-refractivity contribution in [2.45, 2.75) is 25.7 Å². The summed E-state index contributed by atoms with van der Waals surface area (Å²) in [5.74, 6) is -2.66. The molecule has 10 nitrogen and oxygen atoms in total. The molecule has 37 heavy (non-hydrogen) atoms. The monoisotopic (exact) mass is 519 g/mol. The van der Waals surface area contributed by atoms with E-state index < -0.39 is 41.2 Å². The van der Waals surface area contributed by atoms with Crippen molar-refractivity contribution < 1.29 is 31.9 Å². The van der Waals surface area contributed by atoms with Gasteiger partial charge in [0.2, 0.25) is 0 Å². The molecular formula is C23H21F4N7O3. The quantitative estimate of drug-likeness (QED) is 0.275. The maximum absolute atomic E-state index is 13.7. The van der Waals surface area contributed by atoms with Gasteiger partial charge in [-0.15, -0.1) is 0 Å². The number of hydrogen-bond acceptors (Lipinski definition) is 6. The molecule has 0 spiro atoms. The maximum atomic E-state index is 13.7. The number of primary amides is 1. The number of rotatable bonds is 7. The lowest BCUT2D eigenvalue weighted by atomic mass is 10.1. The van der Waals surface area contributed by atoms with Crippen molar-refractivity contribution >= 4 is 28.5 Å². The van der Waals surface area contributed by atoms with Crippen LogP contribution in [0.5, 0.6) is 5.75 Å². The number of H-pyrrole nitrogens is 1. The lowest BCUT2D eigenvalue weighted by Gasteiger charge is -2.17. The van der Waals surface area contributed by atoms with Gasteiger partial charge in [-0.1, -0.05) is 0 Å². The topological polar surface area (TPSA) is 154 Å². The van der Waals surface area contributed by atoms with Crippen molar-refractivity contribution in [1.29, 1.82) is 0 Å². The zero-order chi connectivity index (χ0) is 27.1. The van der Waals surface area contributed by atoms with Crippen molar-refractivity contribution in [3.05, 3.63) is 59.2 Å². The van der Waals surface area contributed by atoms with Gasteiger partial charge in [-0.2, -0.15) is 18.3 Å². The normalized spacial score (nSPS) is 12.5. The summed E-state index contributed by atoms with van der Waals surface area (Å²) in [5.41, 5.74) is 11.6. The lowest BCUT2D eigenvalue weighted by Crippen LogP contribution is -2.26. The van der Waals surface area contributed by atoms with Crippen LogP contribution < -0.4 is 21.5 Å². The summed E-state index contributed by atoms with van der Waals surface area (Å²) in [6.45, 7) is 0.795. The second-order valence-corrected chi connectivity index (χ2v) is 8.06. The number of nitrogen functional groups attached to an aromatic ring is 1. The number of fused-ring (bicyclic) bond motifs is 1. The van der Waals surface area contributed by atoms with E-state index in [1.807, 2.05) is 0 Å². The van der Waals surface area contributed by atoms with E-state index in [4.69, 9.17) is 16.2 Å². The van der Waals surface area contributed by atoms with E-state index in [1.165, 1.54) is 19.4 Å². The molecule has 4 aromatic rings. The van der Waals surface area contributed by atoms with E-state index in [1.54, 1.807) is 12.3 Å². The zero-order valence-corrected chi connectivity index (χ0v) is 19.5. The fraction of sp³-hybridized carbons (Fsp3) is 0.217. The van der Waals surface area contributed by atoms with Crippen LogP contribution >= 0.6 is 0 Å². The van der Waals surface area contributed by atoms with E-state index in [-0.39, 0.29) is 29.2 Å². The number of carbonyl (C=O) groups excluding carboxylic acids is 2. The van der Waals surface area contributed by atoms with Crippen molar-refractivity contribution in [1.82, 2.24) is 25.1 Å². The molecule has 2 amide bonds. The van der Waals surface area contributed by atoms with Crippen LogP contribution in [0.15, 0.2) is 36.7 Å². The smallest absolute Gasteiger partial charge is 0.410 e. The highest BCUT2D eigenvalue weighted by molar-refractivity contribution is 6.06. The fourth-order valence-corrected chi connectivity index (χ4v) is 3.85. The second kappa shape index (κ2) is 9.44. The number of nitrogens with zero attached hydrogens (tertiary/aromatic N) is 3. The highest BCUT2D eigenvalue weighted by Gasteiger charge is 2.40. The number of methoxy groups -OCH3 is 1. The van der Waals surface area contributed by atoms with Crippen LogP contribution in [-0.4, -0.2) is 44.8 Å². The first-order valence-electron chi connectivity index (χ1n) is 10.8. The molecular weight excluding hydrogens is 498 g/mol. The molecule has 0 aliphatic heterocycles. The molecule has 0 bridgehead atoms. The number of aromatic nitrogens is 4. The Morgan fingerprint density at radius 3 is 2.62 bits per heavy atom. The number of alkyl halides is 3. The summed E-state index contributed by atoms with van der Waals surface area (Å²) < 4.78 is 59.3. The molecule has 6 N–H and O–H groups in total. The number of ether oxygens (including phenoxy) is 1. The molecule has 0 saturated carbocycles. The summed E-state index contributed by atoms with van der Waals surface area (Å²) >= 11 is 0. The van der Waals surface area contributed by atoms with Gasteiger partial charge < -0.3 is 26.5 Å². The van der Waals surface area contributed by atoms with E-state index in [0.29, 0.717) is 21.1 Å². The van der Waals surface area contributed by atoms with Gasteiger partial charge in [0, 0.05) is 29.9 Å². The van der Waals surface area contributed by atoms with Crippen LogP contribution in [0.4, 0.5) is 23.4 Å². The van der Waals surface area contributed by atoms with Crippen molar-refractivity contribution in [2.24, 2.45) is 5.73 Å². The van der Waals surface area contributed by atoms with Crippen molar-refractivity contribution in [3.8, 4) is 17.1 Å². The van der Waals surface area contributed by atoms with Gasteiger partial charge in [0.25, 0.3) is 11.8 Å². The zero-order valence-electron chi connectivity index (χ0n) is 19.5. The molecule has 0 aliphatic carbocycles. The third kappa shape index (κ3) is 4.64. The SMILES string of the molecule is COc1ccc(F)cc1C(=O)NCc1cnc(-c2nn([C@@H](C)C(F)(F)F)c(N)c2C(N)=O)c2cc[nH]c12. The third-order valence-electron chi connectivity index (χ3n) is 5.78. The Kier molecular flexibility index (Phi) is 6.50. The van der Waals surface area contributed by atoms with E-state index in [2.05, 4.69) is 20.4 Å². The molecule has 0 radical (unpaired) electrons. The van der Waals surface area contributed by atoms with Gasteiger partial charge in [-0.05, 0) is 31.2 Å². The van der Waals surface area contributed by atoms with Crippen molar-refractivity contribution in [2.75, 3.05) is 12.8 Å². The number of carbonyl (C=O) groups is 2. The number of benzene rings is 1. The van der Waals surface area contributed by atoms with Gasteiger partial charge in [0.1, 0.15) is 40.4 Å². The van der Waals surface area contributed by atoms with Gasteiger partial charge in [-0.25, -0.2) is 9.07 Å². The molecule has 14 heteroatoms. The van der Waals surface area contributed by atoms with E-state index >= 15 is 0 Å². The Balaban J connectivity index is 1.72. The summed E-state index contributed by atoms with van der Waals surface area (Å²) in [6, 6.07) is 2.96. The molecule has 0 unspecified atom stereocenters. The number of pyridine rings is 1. The van der Waals surface area contributed by atoms with Crippen LogP contribution in [0.1, 0.15) is 39.2 Å². The number of hydrogen-bond donors (Lipinski definition) is 4. The first-order chi connectivity index (χ1) is 17.4. The number of anilines is 1. The number of nitrogens with two attached hydrogens (primary N) is 2. The average Bonchev–Trinajstić information content (AvgIpc) is 3.46. The Bertz CT molecular complexity index is 1510. The van der Waals surface area contributed by atoms with Crippen LogP contribution in [0.25, 0.3) is 22.3 Å². The van der Waals surface area contributed by atoms with Gasteiger partial charge >= 0.3 is 6.18 Å². The second-order valence-electron chi connectivity index (χ2n) is 8.06. The van der Waals surface area contributed by atoms with Gasteiger partial charge in [0.15, 0.2) is 0 Å². The van der Waals surface area contributed by atoms with Crippen LogP contribution in [0, 0.1) is 5.82 Å². The minimum atomic E-state index is -4.68. The summed E-state index contributed by atoms with van der Waals surface area (Å²) in [6.07, 6.45) is -1.79. The first kappa shape index (κ1) is 25.5. The summed E-state index contributed by atoms with van der Waals surface area (Å²) in [5, 5.41) is 6.98. The maximum Gasteiger partial charge on any atom is 0.410 e. The number of aromatic amines is 1. The predicted octanol–water partition coefficient (Wildman–Crippen LogP) is 3.31. The highest BCUT2D eigenvalue weighted by Crippen LogP contribution is 2.37. The molecule has 1 aromatic carbocycles. The van der Waals surface area contributed by atoms with Gasteiger partial charge in [-0.3, -0.25) is 14.6 Å². The molecule has 0 aliphatic rings. The number of halogens is 4. The van der Waals surface area contributed by atoms with Gasteiger partial charge in [0.05, 0.1) is 18.2 Å². The van der Waals surface area contributed by atoms with Crippen molar-refractivity contribution in [3.63, 3.8) is 0 Å². The minimum absolute atomic E-state index is 0.0132. The molecule has 4 rings (SSSR count). The molecule has 0 saturated heterocycles. The molecule has 194 valence electrons. The largest absolute Gasteiger partial charge is 0.496 e. The molecule has 3 heterocycles. The standard InChI is InChI=1S/C23H21F4N7O3/c1-10(23(25,26)27)34-20(28)16(21(29)35)19(33-34)18-13-5-6-30-17(13)11(8-31-18)9-32-22(36)14-7-12(24)3-4-15(14)37-2/h3-8,10,30H,9,28H2,1-2H3,(H2,29,35)(H,32,36)/t10-/m0/s1. The van der Waals surface area contributed by atoms with E-state index in [9.17, 15) is 27.2 Å². The Hall–Kier alpha value is -4.62. The van der Waals surface area contributed by atoms with Crippen LogP contribution in [0.2, 0.25) is 0 Å². The first-order valence-corrected chi connectivity index (χ1v) is 10.8.